The normalized spacial score (nSPS) is 12.2. The van der Waals surface area contributed by atoms with Gasteiger partial charge in [0.25, 0.3) is 0 Å². The lowest BCUT2D eigenvalue weighted by Gasteiger charge is -2.09. The van der Waals surface area contributed by atoms with Crippen molar-refractivity contribution in [1.82, 2.24) is 5.43 Å². The van der Waals surface area contributed by atoms with Gasteiger partial charge in [0.2, 0.25) is 5.91 Å². The highest BCUT2D eigenvalue weighted by atomic mass is 32.2. The number of carbonyl (C=O) groups excluding carboxylic acids is 1. The Morgan fingerprint density at radius 1 is 1.50 bits per heavy atom. The molecule has 0 aliphatic rings. The van der Waals surface area contributed by atoms with Crippen LogP contribution in [0.25, 0.3) is 0 Å². The van der Waals surface area contributed by atoms with Crippen molar-refractivity contribution in [3.63, 3.8) is 0 Å². The van der Waals surface area contributed by atoms with Crippen LogP contribution in [-0.4, -0.2) is 11.2 Å². The number of halogens is 2. The molecule has 3 nitrogen and oxygen atoms in total. The van der Waals surface area contributed by atoms with E-state index < -0.39 is 11.6 Å². The van der Waals surface area contributed by atoms with Gasteiger partial charge >= 0.3 is 0 Å². The van der Waals surface area contributed by atoms with Gasteiger partial charge in [-0.3, -0.25) is 10.2 Å². The molecule has 16 heavy (non-hydrogen) atoms. The lowest BCUT2D eigenvalue weighted by Crippen LogP contribution is -2.31. The minimum Gasteiger partial charge on any atom is -0.294 e. The van der Waals surface area contributed by atoms with Crippen molar-refractivity contribution >= 4 is 17.7 Å². The molecule has 0 bridgehead atoms. The molecule has 1 rings (SSSR count). The molecule has 0 radical (unpaired) electrons. The van der Waals surface area contributed by atoms with Gasteiger partial charge in [0.05, 0.1) is 0 Å². The smallest absolute Gasteiger partial charge is 0.234 e. The standard InChI is InChI=1S/C10H12F2N2OS/c1-6(4-10(15)14-13)16-7-2-3-8(11)9(12)5-7/h2-3,5-6H,4,13H2,1H3,(H,14,15). The van der Waals surface area contributed by atoms with E-state index in [0.717, 1.165) is 12.1 Å². The van der Waals surface area contributed by atoms with Crippen molar-refractivity contribution in [2.75, 3.05) is 0 Å². The van der Waals surface area contributed by atoms with Crippen LogP contribution in [0, 0.1) is 11.6 Å². The molecule has 1 aromatic rings. The van der Waals surface area contributed by atoms with Crippen molar-refractivity contribution < 1.29 is 13.6 Å². The van der Waals surface area contributed by atoms with Crippen LogP contribution in [0.5, 0.6) is 0 Å². The molecule has 3 N–H and O–H groups in total. The van der Waals surface area contributed by atoms with Gasteiger partial charge < -0.3 is 0 Å². The molecule has 88 valence electrons. The van der Waals surface area contributed by atoms with Crippen molar-refractivity contribution in [3.8, 4) is 0 Å². The van der Waals surface area contributed by atoms with Gasteiger partial charge in [-0.25, -0.2) is 14.6 Å². The lowest BCUT2D eigenvalue weighted by molar-refractivity contribution is -0.121. The minimum atomic E-state index is -0.888. The van der Waals surface area contributed by atoms with Gasteiger partial charge in [-0.15, -0.1) is 11.8 Å². The lowest BCUT2D eigenvalue weighted by atomic mass is 10.3. The molecule has 1 aromatic carbocycles. The number of nitrogens with two attached hydrogens (primary N) is 1. The van der Waals surface area contributed by atoms with Crippen LogP contribution >= 0.6 is 11.8 Å². The molecule has 0 aliphatic carbocycles. The topological polar surface area (TPSA) is 55.1 Å². The van der Waals surface area contributed by atoms with E-state index in [1.807, 2.05) is 5.43 Å². The van der Waals surface area contributed by atoms with E-state index in [1.54, 1.807) is 6.92 Å². The molecule has 0 aliphatic heterocycles. The first-order chi connectivity index (χ1) is 7.52. The second kappa shape index (κ2) is 5.81. The van der Waals surface area contributed by atoms with E-state index in [2.05, 4.69) is 0 Å². The second-order valence-electron chi connectivity index (χ2n) is 3.28. The Balaban J connectivity index is 2.59. The monoisotopic (exact) mass is 246 g/mol. The van der Waals surface area contributed by atoms with Crippen molar-refractivity contribution in [1.29, 1.82) is 0 Å². The minimum absolute atomic E-state index is 0.0617. The van der Waals surface area contributed by atoms with E-state index >= 15 is 0 Å². The summed E-state index contributed by atoms with van der Waals surface area (Å²) in [5.74, 6) is 2.88. The van der Waals surface area contributed by atoms with E-state index in [0.29, 0.717) is 4.90 Å². The number of hydrogen-bond donors (Lipinski definition) is 2. The molecular formula is C10H12F2N2OS. The highest BCUT2D eigenvalue weighted by Gasteiger charge is 2.11. The van der Waals surface area contributed by atoms with Gasteiger partial charge in [-0.2, -0.15) is 0 Å². The molecular weight excluding hydrogens is 234 g/mol. The Bertz CT molecular complexity index is 387. The summed E-state index contributed by atoms with van der Waals surface area (Å²) in [6.07, 6.45) is 0.222. The number of thioether (sulfide) groups is 1. The quantitative estimate of drug-likeness (QED) is 0.369. The summed E-state index contributed by atoms with van der Waals surface area (Å²) in [5.41, 5.74) is 2.02. The number of hydrogen-bond acceptors (Lipinski definition) is 3. The summed E-state index contributed by atoms with van der Waals surface area (Å²) in [7, 11) is 0. The number of nitrogens with one attached hydrogen (secondary N) is 1. The van der Waals surface area contributed by atoms with Crippen LogP contribution in [-0.2, 0) is 4.79 Å². The molecule has 0 saturated heterocycles. The Hall–Kier alpha value is -1.14. The Morgan fingerprint density at radius 2 is 2.19 bits per heavy atom. The summed E-state index contributed by atoms with van der Waals surface area (Å²) in [6.45, 7) is 1.81. The van der Waals surface area contributed by atoms with E-state index in [9.17, 15) is 13.6 Å². The number of benzene rings is 1. The third-order valence-electron chi connectivity index (χ3n) is 1.86. The Kier molecular flexibility index (Phi) is 4.70. The van der Waals surface area contributed by atoms with Crippen molar-refractivity contribution in [2.45, 2.75) is 23.5 Å². The second-order valence-corrected chi connectivity index (χ2v) is 4.79. The zero-order chi connectivity index (χ0) is 12.1. The maximum absolute atomic E-state index is 12.9. The average molecular weight is 246 g/mol. The van der Waals surface area contributed by atoms with Crippen molar-refractivity contribution in [2.24, 2.45) is 5.84 Å². The molecule has 1 amide bonds. The molecule has 0 heterocycles. The van der Waals surface area contributed by atoms with Gasteiger partial charge in [-0.1, -0.05) is 6.92 Å². The van der Waals surface area contributed by atoms with Crippen LogP contribution in [0.1, 0.15) is 13.3 Å². The summed E-state index contributed by atoms with van der Waals surface area (Å²) in [5, 5.41) is -0.0617. The molecule has 1 atom stereocenters. The van der Waals surface area contributed by atoms with Crippen LogP contribution in [0.2, 0.25) is 0 Å². The van der Waals surface area contributed by atoms with Gasteiger partial charge in [-0.05, 0) is 18.2 Å². The van der Waals surface area contributed by atoms with Gasteiger partial charge in [0, 0.05) is 16.6 Å². The summed E-state index contributed by atoms with van der Waals surface area (Å²) in [6, 6.07) is 3.64. The first kappa shape index (κ1) is 12.9. The van der Waals surface area contributed by atoms with Crippen LogP contribution in [0.15, 0.2) is 23.1 Å². The molecule has 0 aromatic heterocycles. The summed E-state index contributed by atoms with van der Waals surface area (Å²) < 4.78 is 25.5. The fourth-order valence-electron chi connectivity index (χ4n) is 1.14. The van der Waals surface area contributed by atoms with E-state index in [-0.39, 0.29) is 17.6 Å². The number of rotatable bonds is 4. The molecule has 0 saturated carbocycles. The molecule has 6 heteroatoms. The maximum Gasteiger partial charge on any atom is 0.234 e. The van der Waals surface area contributed by atoms with E-state index in [1.165, 1.54) is 17.8 Å². The van der Waals surface area contributed by atoms with E-state index in [4.69, 9.17) is 5.84 Å². The molecule has 0 fully saturated rings. The summed E-state index contributed by atoms with van der Waals surface area (Å²) >= 11 is 1.29. The SMILES string of the molecule is CC(CC(=O)NN)Sc1ccc(F)c(F)c1. The number of hydrazine groups is 1. The van der Waals surface area contributed by atoms with Crippen molar-refractivity contribution in [3.05, 3.63) is 29.8 Å². The fraction of sp³-hybridized carbons (Fsp3) is 0.300. The first-order valence-corrected chi connectivity index (χ1v) is 5.52. The summed E-state index contributed by atoms with van der Waals surface area (Å²) in [4.78, 5) is 11.5. The Labute approximate surface area is 96.4 Å². The number of amides is 1. The fourth-order valence-corrected chi connectivity index (χ4v) is 2.16. The predicted molar refractivity (Wildman–Crippen MR) is 58.6 cm³/mol. The zero-order valence-electron chi connectivity index (χ0n) is 8.67. The van der Waals surface area contributed by atoms with Crippen LogP contribution in [0.4, 0.5) is 8.78 Å². The third-order valence-corrected chi connectivity index (χ3v) is 2.96. The Morgan fingerprint density at radius 3 is 2.75 bits per heavy atom. The van der Waals surface area contributed by atoms with Gasteiger partial charge in [0.1, 0.15) is 0 Å². The van der Waals surface area contributed by atoms with Crippen LogP contribution < -0.4 is 11.3 Å². The van der Waals surface area contributed by atoms with Gasteiger partial charge in [0.15, 0.2) is 11.6 Å². The predicted octanol–water partition coefficient (Wildman–Crippen LogP) is 1.83. The first-order valence-electron chi connectivity index (χ1n) is 4.64. The highest BCUT2D eigenvalue weighted by molar-refractivity contribution is 8.00. The highest BCUT2D eigenvalue weighted by Crippen LogP contribution is 2.26. The number of carbonyl (C=O) groups is 1. The molecule has 1 unspecified atom stereocenters. The third kappa shape index (κ3) is 3.79. The molecule has 0 spiro atoms. The average Bonchev–Trinajstić information content (AvgIpc) is 2.23. The van der Waals surface area contributed by atoms with Crippen LogP contribution in [0.3, 0.4) is 0 Å². The maximum atomic E-state index is 12.9. The zero-order valence-corrected chi connectivity index (χ0v) is 9.48. The largest absolute Gasteiger partial charge is 0.294 e.